The smallest absolute Gasteiger partial charge is 0.241 e. The molecule has 0 spiro atoms. The highest BCUT2D eigenvalue weighted by atomic mass is 19.1. The van der Waals surface area contributed by atoms with Crippen LogP contribution in [0.3, 0.4) is 0 Å². The maximum atomic E-state index is 14.2. The number of anilines is 2. The Labute approximate surface area is 171 Å². The average molecular weight is 401 g/mol. The second-order valence-corrected chi connectivity index (χ2v) is 7.23. The lowest BCUT2D eigenvalue weighted by Gasteiger charge is -2.36. The number of benzene rings is 2. The minimum absolute atomic E-state index is 0.0219. The van der Waals surface area contributed by atoms with E-state index in [1.807, 2.05) is 38.1 Å². The monoisotopic (exact) mass is 401 g/mol. The molecule has 0 saturated carbocycles. The van der Waals surface area contributed by atoms with Crippen molar-refractivity contribution in [2.75, 3.05) is 50.1 Å². The average Bonchev–Trinajstić information content (AvgIpc) is 2.73. The lowest BCUT2D eigenvalue weighted by Crippen LogP contribution is -2.50. The van der Waals surface area contributed by atoms with Crippen molar-refractivity contribution < 1.29 is 18.7 Å². The summed E-state index contributed by atoms with van der Waals surface area (Å²) in [5, 5.41) is 2.90. The van der Waals surface area contributed by atoms with Crippen molar-refractivity contribution in [1.29, 1.82) is 0 Å². The maximum absolute atomic E-state index is 14.2. The third-order valence-corrected chi connectivity index (χ3v) is 4.81. The molecule has 1 saturated heterocycles. The number of nitrogens with zero attached hydrogens (tertiary/aromatic N) is 2. The molecule has 2 aromatic rings. The lowest BCUT2D eigenvalue weighted by atomic mass is 10.2. The summed E-state index contributed by atoms with van der Waals surface area (Å²) in [6, 6.07) is 12.5. The summed E-state index contributed by atoms with van der Waals surface area (Å²) in [6.45, 7) is 6.62. The van der Waals surface area contributed by atoms with Gasteiger partial charge in [0.1, 0.15) is 17.3 Å². The largest absolute Gasteiger partial charge is 0.497 e. The van der Waals surface area contributed by atoms with E-state index in [-0.39, 0.29) is 18.6 Å². The van der Waals surface area contributed by atoms with Gasteiger partial charge in [0.05, 0.1) is 25.4 Å². The molecule has 29 heavy (non-hydrogen) atoms. The molecule has 2 aromatic carbocycles. The number of methoxy groups -OCH3 is 1. The van der Waals surface area contributed by atoms with Gasteiger partial charge in [0.25, 0.3) is 0 Å². The third kappa shape index (κ3) is 5.53. The molecule has 1 fully saturated rings. The molecule has 1 N–H and O–H groups in total. The van der Waals surface area contributed by atoms with Crippen molar-refractivity contribution in [3.63, 3.8) is 0 Å². The molecule has 0 radical (unpaired) electrons. The van der Waals surface area contributed by atoms with Gasteiger partial charge in [-0.05, 0) is 50.2 Å². The number of carbonyl (C=O) groups is 1. The van der Waals surface area contributed by atoms with Gasteiger partial charge in [-0.3, -0.25) is 4.79 Å². The van der Waals surface area contributed by atoms with E-state index < -0.39 is 5.82 Å². The Kier molecular flexibility index (Phi) is 6.80. The van der Waals surface area contributed by atoms with Crippen LogP contribution in [-0.2, 0) is 4.79 Å². The molecule has 1 heterocycles. The number of hydrogen-bond donors (Lipinski definition) is 1. The van der Waals surface area contributed by atoms with E-state index >= 15 is 0 Å². The van der Waals surface area contributed by atoms with Crippen LogP contribution in [0.15, 0.2) is 42.5 Å². The summed E-state index contributed by atoms with van der Waals surface area (Å²) in [4.78, 5) is 16.5. The number of carbonyl (C=O) groups excluding carboxylic acids is 1. The quantitative estimate of drug-likeness (QED) is 0.771. The molecule has 0 atom stereocenters. The Morgan fingerprint density at radius 2 is 1.72 bits per heavy atom. The van der Waals surface area contributed by atoms with Crippen LogP contribution in [0.4, 0.5) is 15.8 Å². The highest BCUT2D eigenvalue weighted by Gasteiger charge is 2.21. The van der Waals surface area contributed by atoms with Gasteiger partial charge < -0.3 is 24.6 Å². The van der Waals surface area contributed by atoms with Gasteiger partial charge in [0.2, 0.25) is 5.91 Å². The van der Waals surface area contributed by atoms with Gasteiger partial charge >= 0.3 is 0 Å². The third-order valence-electron chi connectivity index (χ3n) is 4.81. The van der Waals surface area contributed by atoms with E-state index in [1.54, 1.807) is 24.1 Å². The summed E-state index contributed by atoms with van der Waals surface area (Å²) in [6.07, 6.45) is -0.0219. The summed E-state index contributed by atoms with van der Waals surface area (Å²) in [5.41, 5.74) is 1.41. The summed E-state index contributed by atoms with van der Waals surface area (Å²) >= 11 is 0. The molecule has 1 aliphatic heterocycles. The van der Waals surface area contributed by atoms with Crippen molar-refractivity contribution in [3.05, 3.63) is 48.3 Å². The van der Waals surface area contributed by atoms with E-state index in [0.29, 0.717) is 24.5 Å². The van der Waals surface area contributed by atoms with E-state index in [2.05, 4.69) is 10.2 Å². The Bertz CT molecular complexity index is 819. The number of piperazine rings is 1. The van der Waals surface area contributed by atoms with Gasteiger partial charge in [-0.1, -0.05) is 0 Å². The van der Waals surface area contributed by atoms with E-state index in [0.717, 1.165) is 24.5 Å². The van der Waals surface area contributed by atoms with Crippen molar-refractivity contribution >= 4 is 17.3 Å². The number of nitrogens with one attached hydrogen (secondary N) is 1. The molecule has 1 amide bonds. The van der Waals surface area contributed by atoms with Crippen LogP contribution in [0, 0.1) is 5.82 Å². The van der Waals surface area contributed by atoms with Gasteiger partial charge in [0.15, 0.2) is 0 Å². The number of halogens is 1. The number of ether oxygens (including phenoxy) is 2. The zero-order valence-electron chi connectivity index (χ0n) is 17.2. The Morgan fingerprint density at radius 1 is 1.07 bits per heavy atom. The fraction of sp³-hybridized carbons (Fsp3) is 0.409. The number of amides is 1. The fourth-order valence-electron chi connectivity index (χ4n) is 3.27. The Hall–Kier alpha value is -2.96. The van der Waals surface area contributed by atoms with Gasteiger partial charge in [-0.2, -0.15) is 0 Å². The van der Waals surface area contributed by atoms with E-state index in [9.17, 15) is 9.18 Å². The van der Waals surface area contributed by atoms with Crippen molar-refractivity contribution in [2.45, 2.75) is 20.0 Å². The molecule has 1 aliphatic rings. The summed E-state index contributed by atoms with van der Waals surface area (Å²) in [7, 11) is 1.65. The van der Waals surface area contributed by atoms with Crippen LogP contribution in [-0.4, -0.2) is 56.7 Å². The first-order valence-electron chi connectivity index (χ1n) is 9.83. The summed E-state index contributed by atoms with van der Waals surface area (Å²) in [5.74, 6) is 0.829. The molecule has 0 unspecified atom stereocenters. The van der Waals surface area contributed by atoms with E-state index in [4.69, 9.17) is 9.47 Å². The van der Waals surface area contributed by atoms with Crippen molar-refractivity contribution in [3.8, 4) is 11.5 Å². The van der Waals surface area contributed by atoms with Crippen LogP contribution in [0.5, 0.6) is 11.5 Å². The molecule has 156 valence electrons. The Morgan fingerprint density at radius 3 is 2.31 bits per heavy atom. The van der Waals surface area contributed by atoms with Crippen LogP contribution in [0.25, 0.3) is 0 Å². The van der Waals surface area contributed by atoms with E-state index in [1.165, 1.54) is 6.07 Å². The number of hydrogen-bond acceptors (Lipinski definition) is 5. The molecule has 0 aliphatic carbocycles. The topological polar surface area (TPSA) is 54.0 Å². The summed E-state index contributed by atoms with van der Waals surface area (Å²) < 4.78 is 24.9. The standard InChI is InChI=1S/C22H28FN3O3/c1-16(2)29-19-8-9-21(20(23)14-19)24-15-22(27)26-12-10-25(11-13-26)17-4-6-18(28-3)7-5-17/h4-9,14,16,24H,10-13,15H2,1-3H3. The SMILES string of the molecule is COc1ccc(N2CCN(C(=O)CNc3ccc(OC(C)C)cc3F)CC2)cc1. The van der Waals surface area contributed by atoms with Gasteiger partial charge in [-0.15, -0.1) is 0 Å². The lowest BCUT2D eigenvalue weighted by molar-refractivity contribution is -0.129. The maximum Gasteiger partial charge on any atom is 0.241 e. The fourth-order valence-corrected chi connectivity index (χ4v) is 3.27. The highest BCUT2D eigenvalue weighted by molar-refractivity contribution is 5.81. The molecule has 0 bridgehead atoms. The predicted octanol–water partition coefficient (Wildman–Crippen LogP) is 3.38. The van der Waals surface area contributed by atoms with Crippen molar-refractivity contribution in [1.82, 2.24) is 4.90 Å². The predicted molar refractivity (Wildman–Crippen MR) is 112 cm³/mol. The zero-order valence-corrected chi connectivity index (χ0v) is 17.2. The van der Waals surface area contributed by atoms with Crippen LogP contribution in [0.2, 0.25) is 0 Å². The normalized spacial score (nSPS) is 14.1. The zero-order chi connectivity index (χ0) is 20.8. The minimum atomic E-state index is -0.430. The molecule has 0 aromatic heterocycles. The first-order chi connectivity index (χ1) is 14.0. The second kappa shape index (κ2) is 9.49. The van der Waals surface area contributed by atoms with Gasteiger partial charge in [-0.25, -0.2) is 4.39 Å². The van der Waals surface area contributed by atoms with Crippen LogP contribution < -0.4 is 19.7 Å². The van der Waals surface area contributed by atoms with Crippen molar-refractivity contribution in [2.24, 2.45) is 0 Å². The number of rotatable bonds is 7. The molecule has 6 nitrogen and oxygen atoms in total. The second-order valence-electron chi connectivity index (χ2n) is 7.23. The van der Waals surface area contributed by atoms with Crippen LogP contribution >= 0.6 is 0 Å². The molecule has 7 heteroatoms. The van der Waals surface area contributed by atoms with Crippen LogP contribution in [0.1, 0.15) is 13.8 Å². The molecular formula is C22H28FN3O3. The first-order valence-corrected chi connectivity index (χ1v) is 9.83. The minimum Gasteiger partial charge on any atom is -0.497 e. The first kappa shape index (κ1) is 20.8. The highest BCUT2D eigenvalue weighted by Crippen LogP contribution is 2.22. The molecule has 3 rings (SSSR count). The van der Waals surface area contributed by atoms with Gasteiger partial charge in [0, 0.05) is 37.9 Å². The molecular weight excluding hydrogens is 373 g/mol. The Balaban J connectivity index is 1.48.